The number of hydrogen-bond donors (Lipinski definition) is 0. The molecular weight excluding hydrogens is 356 g/mol. The number of esters is 2. The number of carbonyl (C=O) groups is 2. The van der Waals surface area contributed by atoms with E-state index in [0.29, 0.717) is 25.2 Å². The van der Waals surface area contributed by atoms with Crippen LogP contribution in [0.3, 0.4) is 0 Å². The summed E-state index contributed by atoms with van der Waals surface area (Å²) in [6, 6.07) is 4.74. The Bertz CT molecular complexity index is 596. The molecule has 0 spiro atoms. The van der Waals surface area contributed by atoms with Gasteiger partial charge in [0, 0.05) is 6.07 Å². The predicted molar refractivity (Wildman–Crippen MR) is 102 cm³/mol. The highest BCUT2D eigenvalue weighted by atomic mass is 35.5. The number of halogens is 1. The van der Waals surface area contributed by atoms with Gasteiger partial charge in [0.1, 0.15) is 11.5 Å². The molecule has 0 bridgehead atoms. The van der Waals surface area contributed by atoms with Crippen LogP contribution in [-0.4, -0.2) is 25.7 Å². The standard InChI is InChI=1S/C20H29ClO5/c1-5-8-9-10-13-25-18(22)20(6-2,7-3)19(23)26-17-12-11-15(24-4)14-16(17)21/h11-12,14H,5-10,13H2,1-4H3. The minimum atomic E-state index is -1.33. The van der Waals surface area contributed by atoms with E-state index in [1.54, 1.807) is 32.0 Å². The van der Waals surface area contributed by atoms with Crippen LogP contribution in [-0.2, 0) is 14.3 Å². The summed E-state index contributed by atoms with van der Waals surface area (Å²) in [5.74, 6) is -0.431. The maximum Gasteiger partial charge on any atom is 0.328 e. The molecule has 0 aliphatic rings. The first kappa shape index (κ1) is 22.3. The Kier molecular flexibility index (Phi) is 9.49. The normalized spacial score (nSPS) is 11.1. The molecule has 146 valence electrons. The number of carbonyl (C=O) groups excluding carboxylic acids is 2. The van der Waals surface area contributed by atoms with Gasteiger partial charge >= 0.3 is 11.9 Å². The SMILES string of the molecule is CCCCCCOC(=O)C(CC)(CC)C(=O)Oc1ccc(OC)cc1Cl. The van der Waals surface area contributed by atoms with E-state index in [-0.39, 0.29) is 10.8 Å². The van der Waals surface area contributed by atoms with Gasteiger partial charge in [-0.15, -0.1) is 0 Å². The van der Waals surface area contributed by atoms with Gasteiger partial charge in [-0.25, -0.2) is 0 Å². The Morgan fingerprint density at radius 2 is 1.73 bits per heavy atom. The average Bonchev–Trinajstić information content (AvgIpc) is 2.64. The largest absolute Gasteiger partial charge is 0.497 e. The lowest BCUT2D eigenvalue weighted by Gasteiger charge is -2.27. The number of hydrogen-bond acceptors (Lipinski definition) is 5. The van der Waals surface area contributed by atoms with Crippen molar-refractivity contribution < 1.29 is 23.8 Å². The van der Waals surface area contributed by atoms with E-state index in [0.717, 1.165) is 25.7 Å². The van der Waals surface area contributed by atoms with E-state index in [1.807, 2.05) is 0 Å². The van der Waals surface area contributed by atoms with Crippen LogP contribution < -0.4 is 9.47 Å². The molecule has 0 aromatic heterocycles. The summed E-state index contributed by atoms with van der Waals surface area (Å²) >= 11 is 6.13. The van der Waals surface area contributed by atoms with Crippen molar-refractivity contribution in [2.24, 2.45) is 5.41 Å². The van der Waals surface area contributed by atoms with Crippen LogP contribution >= 0.6 is 11.6 Å². The quantitative estimate of drug-likeness (QED) is 0.227. The Hall–Kier alpha value is -1.75. The molecule has 1 aromatic rings. The first-order valence-electron chi connectivity index (χ1n) is 9.18. The van der Waals surface area contributed by atoms with Crippen molar-refractivity contribution in [1.82, 2.24) is 0 Å². The Morgan fingerprint density at radius 1 is 1.04 bits per heavy atom. The van der Waals surface area contributed by atoms with Gasteiger partial charge in [0.2, 0.25) is 0 Å². The predicted octanol–water partition coefficient (Wildman–Crippen LogP) is 5.18. The monoisotopic (exact) mass is 384 g/mol. The van der Waals surface area contributed by atoms with E-state index >= 15 is 0 Å². The highest BCUT2D eigenvalue weighted by Gasteiger charge is 2.46. The van der Waals surface area contributed by atoms with Gasteiger partial charge in [-0.05, 0) is 31.4 Å². The van der Waals surface area contributed by atoms with Crippen molar-refractivity contribution >= 4 is 23.5 Å². The third kappa shape index (κ3) is 5.63. The summed E-state index contributed by atoms with van der Waals surface area (Å²) < 4.78 is 15.9. The first-order valence-corrected chi connectivity index (χ1v) is 9.56. The van der Waals surface area contributed by atoms with Gasteiger partial charge in [-0.1, -0.05) is 51.6 Å². The number of methoxy groups -OCH3 is 1. The molecule has 6 heteroatoms. The van der Waals surface area contributed by atoms with Crippen LogP contribution in [0.15, 0.2) is 18.2 Å². The second kappa shape index (κ2) is 11.1. The van der Waals surface area contributed by atoms with E-state index in [1.165, 1.54) is 7.11 Å². The maximum atomic E-state index is 12.8. The van der Waals surface area contributed by atoms with E-state index in [9.17, 15) is 9.59 Å². The molecule has 0 amide bonds. The fourth-order valence-corrected chi connectivity index (χ4v) is 2.84. The summed E-state index contributed by atoms with van der Waals surface area (Å²) in [6.45, 7) is 5.99. The van der Waals surface area contributed by atoms with Crippen molar-refractivity contribution in [3.05, 3.63) is 23.2 Å². The van der Waals surface area contributed by atoms with Gasteiger partial charge in [0.15, 0.2) is 5.41 Å². The fraction of sp³-hybridized carbons (Fsp3) is 0.600. The average molecular weight is 385 g/mol. The van der Waals surface area contributed by atoms with Gasteiger partial charge in [0.05, 0.1) is 18.7 Å². The van der Waals surface area contributed by atoms with Gasteiger partial charge < -0.3 is 14.2 Å². The molecule has 1 rings (SSSR count). The van der Waals surface area contributed by atoms with Gasteiger partial charge in [-0.2, -0.15) is 0 Å². The molecule has 0 N–H and O–H groups in total. The summed E-state index contributed by atoms with van der Waals surface area (Å²) in [6.07, 6.45) is 4.59. The molecule has 0 unspecified atom stereocenters. The van der Waals surface area contributed by atoms with E-state index in [4.69, 9.17) is 25.8 Å². The van der Waals surface area contributed by atoms with Gasteiger partial charge in [0.25, 0.3) is 0 Å². The molecular formula is C20H29ClO5. The van der Waals surface area contributed by atoms with Gasteiger partial charge in [-0.3, -0.25) is 9.59 Å². The smallest absolute Gasteiger partial charge is 0.328 e. The minimum Gasteiger partial charge on any atom is -0.497 e. The first-order chi connectivity index (χ1) is 12.4. The molecule has 0 atom stereocenters. The fourth-order valence-electron chi connectivity index (χ4n) is 2.63. The highest BCUT2D eigenvalue weighted by Crippen LogP contribution is 2.34. The molecule has 0 aliphatic heterocycles. The van der Waals surface area contributed by atoms with E-state index in [2.05, 4.69) is 6.92 Å². The molecule has 5 nitrogen and oxygen atoms in total. The zero-order valence-electron chi connectivity index (χ0n) is 16.1. The summed E-state index contributed by atoms with van der Waals surface area (Å²) in [5, 5.41) is 0.242. The molecule has 0 radical (unpaired) electrons. The van der Waals surface area contributed by atoms with Crippen LogP contribution in [0, 0.1) is 5.41 Å². The van der Waals surface area contributed by atoms with Crippen LogP contribution in [0.2, 0.25) is 5.02 Å². The lowest BCUT2D eigenvalue weighted by molar-refractivity contribution is -0.168. The third-order valence-corrected chi connectivity index (χ3v) is 4.86. The van der Waals surface area contributed by atoms with Crippen molar-refractivity contribution in [1.29, 1.82) is 0 Å². The highest BCUT2D eigenvalue weighted by molar-refractivity contribution is 6.32. The number of unbranched alkanes of at least 4 members (excludes halogenated alkanes) is 3. The Balaban J connectivity index is 2.83. The Labute approximate surface area is 161 Å². The zero-order valence-corrected chi connectivity index (χ0v) is 16.9. The minimum absolute atomic E-state index is 0.194. The van der Waals surface area contributed by atoms with Crippen LogP contribution in [0.5, 0.6) is 11.5 Å². The van der Waals surface area contributed by atoms with E-state index < -0.39 is 17.4 Å². The molecule has 0 heterocycles. The molecule has 0 fully saturated rings. The van der Waals surface area contributed by atoms with Crippen LogP contribution in [0.25, 0.3) is 0 Å². The third-order valence-electron chi connectivity index (χ3n) is 4.56. The number of rotatable bonds is 11. The number of benzene rings is 1. The molecule has 1 aromatic carbocycles. The molecule has 26 heavy (non-hydrogen) atoms. The second-order valence-electron chi connectivity index (χ2n) is 6.17. The van der Waals surface area contributed by atoms with Crippen LogP contribution in [0.1, 0.15) is 59.3 Å². The molecule has 0 saturated heterocycles. The summed E-state index contributed by atoms with van der Waals surface area (Å²) in [5.41, 5.74) is -1.33. The lowest BCUT2D eigenvalue weighted by Crippen LogP contribution is -2.42. The van der Waals surface area contributed by atoms with Crippen molar-refractivity contribution in [3.63, 3.8) is 0 Å². The molecule has 0 aliphatic carbocycles. The zero-order chi connectivity index (χ0) is 19.6. The van der Waals surface area contributed by atoms with Crippen molar-refractivity contribution in [2.45, 2.75) is 59.3 Å². The Morgan fingerprint density at radius 3 is 2.27 bits per heavy atom. The van der Waals surface area contributed by atoms with Crippen molar-refractivity contribution in [3.8, 4) is 11.5 Å². The molecule has 0 saturated carbocycles. The summed E-state index contributed by atoms with van der Waals surface area (Å²) in [7, 11) is 1.52. The lowest BCUT2D eigenvalue weighted by atomic mass is 9.82. The second-order valence-corrected chi connectivity index (χ2v) is 6.58. The van der Waals surface area contributed by atoms with Crippen LogP contribution in [0.4, 0.5) is 0 Å². The topological polar surface area (TPSA) is 61.8 Å². The summed E-state index contributed by atoms with van der Waals surface area (Å²) in [4.78, 5) is 25.4. The number of ether oxygens (including phenoxy) is 3. The maximum absolute atomic E-state index is 12.8. The van der Waals surface area contributed by atoms with Crippen molar-refractivity contribution in [2.75, 3.05) is 13.7 Å².